The molecule has 0 aliphatic heterocycles. The van der Waals surface area contributed by atoms with E-state index in [1.165, 1.54) is 0 Å². The van der Waals surface area contributed by atoms with E-state index in [0.29, 0.717) is 24.4 Å². The maximum atomic E-state index is 14.3. The summed E-state index contributed by atoms with van der Waals surface area (Å²) in [5.41, 5.74) is 1.77. The van der Waals surface area contributed by atoms with Gasteiger partial charge in [-0.25, -0.2) is 4.39 Å². The lowest BCUT2D eigenvalue weighted by molar-refractivity contribution is 0.495. The van der Waals surface area contributed by atoms with Gasteiger partial charge in [-0.2, -0.15) is 0 Å². The third-order valence-corrected chi connectivity index (χ3v) is 3.76. The van der Waals surface area contributed by atoms with Crippen LogP contribution in [0.1, 0.15) is 46.6 Å². The number of nitrogens with zero attached hydrogens (tertiary/aromatic N) is 1. The minimum absolute atomic E-state index is 0.128. The van der Waals surface area contributed by atoms with Crippen LogP contribution in [0.15, 0.2) is 18.2 Å². The minimum Gasteiger partial charge on any atom is -0.369 e. The molecule has 0 saturated carbocycles. The fraction of sp³-hybridized carbons (Fsp3) is 0.667. The highest BCUT2D eigenvalue weighted by atomic mass is 19.1. The molecule has 21 heavy (non-hydrogen) atoms. The Kier molecular flexibility index (Phi) is 7.16. The molecule has 0 spiro atoms. The Bertz CT molecular complexity index is 429. The van der Waals surface area contributed by atoms with E-state index in [-0.39, 0.29) is 5.82 Å². The van der Waals surface area contributed by atoms with Crippen LogP contribution in [0.3, 0.4) is 0 Å². The summed E-state index contributed by atoms with van der Waals surface area (Å²) in [5, 5.41) is 3.41. The number of hydrogen-bond donors (Lipinski definition) is 1. The molecular weight excluding hydrogens is 263 g/mol. The lowest BCUT2D eigenvalue weighted by Gasteiger charge is -2.30. The highest BCUT2D eigenvalue weighted by Crippen LogP contribution is 2.27. The summed E-state index contributed by atoms with van der Waals surface area (Å²) in [7, 11) is 2.00. The first-order valence-electron chi connectivity index (χ1n) is 8.03. The lowest BCUT2D eigenvalue weighted by Crippen LogP contribution is -2.32. The van der Waals surface area contributed by atoms with Crippen LogP contribution in [0.5, 0.6) is 0 Å². The normalized spacial score (nSPS) is 13.0. The second kappa shape index (κ2) is 8.38. The van der Waals surface area contributed by atoms with Gasteiger partial charge < -0.3 is 10.2 Å². The quantitative estimate of drug-likeness (QED) is 0.762. The first kappa shape index (κ1) is 18.0. The number of anilines is 1. The first-order chi connectivity index (χ1) is 9.82. The molecule has 0 radical (unpaired) electrons. The largest absolute Gasteiger partial charge is 0.369 e. The number of rotatable bonds is 8. The van der Waals surface area contributed by atoms with Crippen LogP contribution in [0.25, 0.3) is 0 Å². The molecule has 0 aliphatic rings. The molecule has 1 aromatic carbocycles. The Morgan fingerprint density at radius 3 is 2.33 bits per heavy atom. The van der Waals surface area contributed by atoms with E-state index in [4.69, 9.17) is 0 Å². The standard InChI is InChI=1S/C18H31FN2/c1-13(2)10-15(5)21(6)18-16(8-7-9-17(18)19)12-20-11-14(3)4/h7-9,13-15,20H,10-12H2,1-6H3. The summed E-state index contributed by atoms with van der Waals surface area (Å²) in [5.74, 6) is 1.08. The molecule has 0 heterocycles. The van der Waals surface area contributed by atoms with Crippen molar-refractivity contribution in [1.82, 2.24) is 5.32 Å². The van der Waals surface area contributed by atoms with E-state index in [9.17, 15) is 4.39 Å². The molecule has 1 rings (SSSR count). The molecule has 0 saturated heterocycles. The summed E-state index contributed by atoms with van der Waals surface area (Å²) in [6.45, 7) is 12.6. The maximum absolute atomic E-state index is 14.3. The van der Waals surface area contributed by atoms with Crippen LogP contribution in [0.4, 0.5) is 10.1 Å². The summed E-state index contributed by atoms with van der Waals surface area (Å²) < 4.78 is 14.3. The SMILES string of the molecule is CC(C)CNCc1cccc(F)c1N(C)C(C)CC(C)C. The fourth-order valence-corrected chi connectivity index (χ4v) is 2.65. The second-order valence-corrected chi connectivity index (χ2v) is 6.86. The average Bonchev–Trinajstić information content (AvgIpc) is 2.37. The summed E-state index contributed by atoms with van der Waals surface area (Å²) in [4.78, 5) is 2.09. The van der Waals surface area contributed by atoms with Crippen molar-refractivity contribution in [2.45, 2.75) is 53.6 Å². The number of halogens is 1. The van der Waals surface area contributed by atoms with Crippen molar-refractivity contribution >= 4 is 5.69 Å². The molecule has 2 nitrogen and oxygen atoms in total. The Morgan fingerprint density at radius 2 is 1.76 bits per heavy atom. The number of hydrogen-bond acceptors (Lipinski definition) is 2. The van der Waals surface area contributed by atoms with Crippen molar-refractivity contribution in [2.75, 3.05) is 18.5 Å². The average molecular weight is 294 g/mol. The van der Waals surface area contributed by atoms with E-state index in [0.717, 1.165) is 24.2 Å². The van der Waals surface area contributed by atoms with Crippen LogP contribution < -0.4 is 10.2 Å². The highest BCUT2D eigenvalue weighted by molar-refractivity contribution is 5.55. The first-order valence-corrected chi connectivity index (χ1v) is 8.03. The van der Waals surface area contributed by atoms with E-state index in [1.54, 1.807) is 12.1 Å². The predicted octanol–water partition coefficient (Wildman–Crippen LogP) is 4.44. The molecule has 0 aromatic heterocycles. The van der Waals surface area contributed by atoms with Crippen LogP contribution >= 0.6 is 0 Å². The van der Waals surface area contributed by atoms with Crippen molar-refractivity contribution < 1.29 is 4.39 Å². The van der Waals surface area contributed by atoms with Gasteiger partial charge in [-0.05, 0) is 43.4 Å². The Balaban J connectivity index is 2.88. The van der Waals surface area contributed by atoms with E-state index < -0.39 is 0 Å². The third kappa shape index (κ3) is 5.66. The van der Waals surface area contributed by atoms with Gasteiger partial charge in [0.1, 0.15) is 5.82 Å². The number of para-hydroxylation sites is 1. The molecule has 0 amide bonds. The van der Waals surface area contributed by atoms with Gasteiger partial charge in [0.25, 0.3) is 0 Å². The molecule has 1 N–H and O–H groups in total. The van der Waals surface area contributed by atoms with E-state index in [1.807, 2.05) is 13.1 Å². The zero-order chi connectivity index (χ0) is 16.0. The zero-order valence-corrected chi connectivity index (χ0v) is 14.4. The van der Waals surface area contributed by atoms with Crippen molar-refractivity contribution in [2.24, 2.45) is 11.8 Å². The molecule has 120 valence electrons. The molecule has 0 aliphatic carbocycles. The van der Waals surface area contributed by atoms with Gasteiger partial charge in [-0.1, -0.05) is 39.8 Å². The summed E-state index contributed by atoms with van der Waals surface area (Å²) in [6, 6.07) is 5.70. The van der Waals surface area contributed by atoms with Gasteiger partial charge in [-0.15, -0.1) is 0 Å². The van der Waals surface area contributed by atoms with E-state index >= 15 is 0 Å². The third-order valence-electron chi connectivity index (χ3n) is 3.76. The predicted molar refractivity (Wildman–Crippen MR) is 90.3 cm³/mol. The fourth-order valence-electron chi connectivity index (χ4n) is 2.65. The smallest absolute Gasteiger partial charge is 0.146 e. The Morgan fingerprint density at radius 1 is 1.10 bits per heavy atom. The monoisotopic (exact) mass is 294 g/mol. The maximum Gasteiger partial charge on any atom is 0.146 e. The summed E-state index contributed by atoms with van der Waals surface area (Å²) >= 11 is 0. The van der Waals surface area contributed by atoms with Gasteiger partial charge in [-0.3, -0.25) is 0 Å². The topological polar surface area (TPSA) is 15.3 Å². The van der Waals surface area contributed by atoms with Gasteiger partial charge >= 0.3 is 0 Å². The highest BCUT2D eigenvalue weighted by Gasteiger charge is 2.18. The van der Waals surface area contributed by atoms with Gasteiger partial charge in [0.2, 0.25) is 0 Å². The van der Waals surface area contributed by atoms with Crippen LogP contribution in [0, 0.1) is 17.7 Å². The van der Waals surface area contributed by atoms with Crippen molar-refractivity contribution in [3.63, 3.8) is 0 Å². The van der Waals surface area contributed by atoms with Crippen molar-refractivity contribution in [3.05, 3.63) is 29.6 Å². The van der Waals surface area contributed by atoms with Crippen LogP contribution in [-0.4, -0.2) is 19.6 Å². The van der Waals surface area contributed by atoms with Crippen LogP contribution in [0.2, 0.25) is 0 Å². The molecule has 1 unspecified atom stereocenters. The van der Waals surface area contributed by atoms with Crippen molar-refractivity contribution in [1.29, 1.82) is 0 Å². The Hall–Kier alpha value is -1.09. The molecular formula is C18H31FN2. The van der Waals surface area contributed by atoms with Gasteiger partial charge in [0.15, 0.2) is 0 Å². The van der Waals surface area contributed by atoms with Crippen molar-refractivity contribution in [3.8, 4) is 0 Å². The molecule has 1 aromatic rings. The Labute approximate surface area is 129 Å². The molecule has 0 bridgehead atoms. The minimum atomic E-state index is -0.128. The molecule has 1 atom stereocenters. The lowest BCUT2D eigenvalue weighted by atomic mass is 10.0. The number of nitrogens with one attached hydrogen (secondary N) is 1. The van der Waals surface area contributed by atoms with Gasteiger partial charge in [0.05, 0.1) is 5.69 Å². The zero-order valence-electron chi connectivity index (χ0n) is 14.4. The van der Waals surface area contributed by atoms with E-state index in [2.05, 4.69) is 44.8 Å². The molecule has 3 heteroatoms. The summed E-state index contributed by atoms with van der Waals surface area (Å²) in [6.07, 6.45) is 1.06. The van der Waals surface area contributed by atoms with Crippen LogP contribution in [-0.2, 0) is 6.54 Å². The second-order valence-electron chi connectivity index (χ2n) is 6.86. The van der Waals surface area contributed by atoms with Gasteiger partial charge in [0, 0.05) is 19.6 Å². The number of benzene rings is 1. The molecule has 0 fully saturated rings.